The van der Waals surface area contributed by atoms with Crippen LogP contribution in [-0.2, 0) is 0 Å². The average Bonchev–Trinajstić information content (AvgIpc) is 1.64. The summed E-state index contributed by atoms with van der Waals surface area (Å²) in [5.41, 5.74) is 0. The molecule has 0 unspecified atom stereocenters. The lowest BCUT2D eigenvalue weighted by atomic mass is 10.4. The fourth-order valence-corrected chi connectivity index (χ4v) is 0.177. The van der Waals surface area contributed by atoms with Crippen LogP contribution in [-0.4, -0.2) is 17.2 Å². The highest BCUT2D eigenvalue weighted by Crippen LogP contribution is 2.39. The van der Waals surface area contributed by atoms with Crippen LogP contribution in [0.5, 0.6) is 0 Å². The third-order valence-corrected chi connectivity index (χ3v) is 1.14. The molecular weight excluding hydrogens is 183 g/mol. The van der Waals surface area contributed by atoms with E-state index in [0.717, 1.165) is 0 Å². The largest absolute Gasteiger partial charge is 0.337 e. The molecule has 0 aromatic heterocycles. The van der Waals surface area contributed by atoms with Gasteiger partial charge in [0.1, 0.15) is 0 Å². The van der Waals surface area contributed by atoms with Crippen molar-refractivity contribution in [1.82, 2.24) is 0 Å². The van der Waals surface area contributed by atoms with Crippen LogP contribution in [0.25, 0.3) is 0 Å². The van der Waals surface area contributed by atoms with Crippen molar-refractivity contribution >= 4 is 23.2 Å². The fourth-order valence-electron chi connectivity index (χ4n) is 0.0758. The van der Waals surface area contributed by atoms with Crippen molar-refractivity contribution in [3.63, 3.8) is 0 Å². The van der Waals surface area contributed by atoms with Crippen molar-refractivity contribution in [2.24, 2.45) is 0 Å². The highest BCUT2D eigenvalue weighted by Gasteiger charge is 2.52. The predicted molar refractivity (Wildman–Crippen MR) is 26.5 cm³/mol. The fraction of sp³-hybridized carbons (Fsp3) is 1.00. The first-order valence-electron chi connectivity index (χ1n) is 1.82. The van der Waals surface area contributed by atoms with Crippen LogP contribution in [0, 0.1) is 0 Å². The topological polar surface area (TPSA) is 0 Å². The van der Waals surface area contributed by atoms with Crippen LogP contribution >= 0.6 is 23.2 Å². The van der Waals surface area contributed by atoms with E-state index >= 15 is 0 Å². The van der Waals surface area contributed by atoms with E-state index in [2.05, 4.69) is 23.2 Å². The molecule has 0 aliphatic heterocycles. The molecule has 0 aliphatic rings. The van der Waals surface area contributed by atoms with E-state index in [1.807, 2.05) is 0 Å². The van der Waals surface area contributed by atoms with Crippen molar-refractivity contribution in [2.75, 3.05) is 6.67 Å². The second-order valence-electron chi connectivity index (χ2n) is 1.34. The maximum absolute atomic E-state index is 11.7. The lowest BCUT2D eigenvalue weighted by molar-refractivity contribution is -0.0753. The zero-order valence-electron chi connectivity index (χ0n) is 3.97. The number of rotatable bonds is 2. The van der Waals surface area contributed by atoms with Crippen molar-refractivity contribution < 1.29 is 17.6 Å². The van der Waals surface area contributed by atoms with Gasteiger partial charge in [-0.05, 0) is 0 Å². The van der Waals surface area contributed by atoms with Gasteiger partial charge in [-0.2, -0.15) is 8.78 Å². The number of alkyl halides is 6. The van der Waals surface area contributed by atoms with E-state index in [1.54, 1.807) is 0 Å². The highest BCUT2D eigenvalue weighted by atomic mass is 35.5. The molecule has 0 bridgehead atoms. The van der Waals surface area contributed by atoms with Gasteiger partial charge in [0.25, 0.3) is 0 Å². The standard InChI is InChI=1S/C3H2Cl2F4/c4-3(5,9)2(7,8)1-6/h1H2. The molecule has 0 heterocycles. The number of hydrogen-bond acceptors (Lipinski definition) is 0. The monoisotopic (exact) mass is 184 g/mol. The Morgan fingerprint density at radius 3 is 1.44 bits per heavy atom. The summed E-state index contributed by atoms with van der Waals surface area (Å²) in [6.07, 6.45) is 0. The van der Waals surface area contributed by atoms with Crippen molar-refractivity contribution in [2.45, 2.75) is 10.5 Å². The molecule has 0 nitrogen and oxygen atoms in total. The second-order valence-corrected chi connectivity index (χ2v) is 2.57. The molecule has 0 amide bonds. The highest BCUT2D eigenvalue weighted by molar-refractivity contribution is 6.47. The van der Waals surface area contributed by atoms with Crippen LogP contribution in [0.1, 0.15) is 0 Å². The van der Waals surface area contributed by atoms with Crippen LogP contribution in [0.2, 0.25) is 0 Å². The molecule has 0 atom stereocenters. The van der Waals surface area contributed by atoms with Gasteiger partial charge in [0.05, 0.1) is 0 Å². The molecule has 56 valence electrons. The van der Waals surface area contributed by atoms with E-state index in [9.17, 15) is 17.6 Å². The smallest absolute Gasteiger partial charge is 0.244 e. The van der Waals surface area contributed by atoms with Gasteiger partial charge in [0, 0.05) is 0 Å². The van der Waals surface area contributed by atoms with Crippen LogP contribution in [0.4, 0.5) is 17.6 Å². The van der Waals surface area contributed by atoms with E-state index in [-0.39, 0.29) is 0 Å². The Morgan fingerprint density at radius 1 is 1.11 bits per heavy atom. The van der Waals surface area contributed by atoms with Gasteiger partial charge >= 0.3 is 10.5 Å². The zero-order chi connectivity index (χ0) is 7.71. The van der Waals surface area contributed by atoms with Crippen molar-refractivity contribution in [3.05, 3.63) is 0 Å². The molecule has 0 radical (unpaired) electrons. The first kappa shape index (κ1) is 9.30. The predicted octanol–water partition coefficient (Wildman–Crippen LogP) is 2.69. The Hall–Kier alpha value is 0.300. The lowest BCUT2D eigenvalue weighted by Gasteiger charge is -2.18. The van der Waals surface area contributed by atoms with Crippen molar-refractivity contribution in [1.29, 1.82) is 0 Å². The molecule has 0 rings (SSSR count). The summed E-state index contributed by atoms with van der Waals surface area (Å²) in [4.78, 5) is 0. The first-order valence-corrected chi connectivity index (χ1v) is 2.57. The number of hydrogen-bond donors (Lipinski definition) is 0. The summed E-state index contributed by atoms with van der Waals surface area (Å²) in [5, 5.41) is 0. The van der Waals surface area contributed by atoms with Crippen LogP contribution in [0.3, 0.4) is 0 Å². The minimum Gasteiger partial charge on any atom is -0.244 e. The molecule has 0 spiro atoms. The molecule has 0 fully saturated rings. The average molecular weight is 185 g/mol. The molecule has 0 saturated carbocycles. The molecule has 9 heavy (non-hydrogen) atoms. The third kappa shape index (κ3) is 2.18. The Balaban J connectivity index is 4.14. The van der Waals surface area contributed by atoms with Crippen molar-refractivity contribution in [3.8, 4) is 0 Å². The van der Waals surface area contributed by atoms with Crippen LogP contribution < -0.4 is 0 Å². The van der Waals surface area contributed by atoms with Gasteiger partial charge in [-0.3, -0.25) is 0 Å². The third-order valence-electron chi connectivity index (χ3n) is 0.583. The summed E-state index contributed by atoms with van der Waals surface area (Å²) in [5.74, 6) is -4.32. The van der Waals surface area contributed by atoms with Gasteiger partial charge in [0.2, 0.25) is 0 Å². The summed E-state index contributed by atoms with van der Waals surface area (Å²) in [7, 11) is 0. The SMILES string of the molecule is FCC(F)(F)C(F)(Cl)Cl. The van der Waals surface area contributed by atoms with Gasteiger partial charge in [0.15, 0.2) is 6.67 Å². The maximum atomic E-state index is 11.7. The van der Waals surface area contributed by atoms with E-state index in [0.29, 0.717) is 0 Å². The Bertz CT molecular complexity index is 96.5. The zero-order valence-corrected chi connectivity index (χ0v) is 5.49. The molecule has 0 saturated heterocycles. The van der Waals surface area contributed by atoms with Gasteiger partial charge in [-0.1, -0.05) is 23.2 Å². The molecule has 0 N–H and O–H groups in total. The van der Waals surface area contributed by atoms with Crippen LogP contribution in [0.15, 0.2) is 0 Å². The van der Waals surface area contributed by atoms with Gasteiger partial charge < -0.3 is 0 Å². The quantitative estimate of drug-likeness (QED) is 0.458. The second kappa shape index (κ2) is 2.50. The lowest BCUT2D eigenvalue weighted by Crippen LogP contribution is -2.36. The normalized spacial score (nSPS) is 14.0. The number of halogens is 6. The van der Waals surface area contributed by atoms with E-state index in [1.165, 1.54) is 0 Å². The van der Waals surface area contributed by atoms with Gasteiger partial charge in [-0.25, -0.2) is 8.78 Å². The van der Waals surface area contributed by atoms with E-state index < -0.39 is 17.2 Å². The Morgan fingerprint density at radius 2 is 1.44 bits per heavy atom. The molecule has 0 aromatic rings. The summed E-state index contributed by atoms with van der Waals surface area (Å²) < 4.78 is 42.3. The Labute approximate surface area is 58.7 Å². The molecular formula is C3H2Cl2F4. The van der Waals surface area contributed by atoms with Gasteiger partial charge in [-0.15, -0.1) is 0 Å². The minimum atomic E-state index is -4.32. The molecule has 0 aromatic carbocycles. The summed E-state index contributed by atoms with van der Waals surface area (Å²) >= 11 is 8.47. The maximum Gasteiger partial charge on any atom is 0.337 e. The molecule has 6 heteroatoms. The molecule has 0 aliphatic carbocycles. The summed E-state index contributed by atoms with van der Waals surface area (Å²) in [6, 6.07) is 0. The van der Waals surface area contributed by atoms with E-state index in [4.69, 9.17) is 0 Å². The Kier molecular flexibility index (Phi) is 2.58. The first-order chi connectivity index (χ1) is 3.81. The summed E-state index contributed by atoms with van der Waals surface area (Å²) in [6.45, 7) is -2.21. The minimum absolute atomic E-state index is 2.21.